The van der Waals surface area contributed by atoms with Gasteiger partial charge in [0.1, 0.15) is 0 Å². The van der Waals surface area contributed by atoms with Gasteiger partial charge >= 0.3 is 6.18 Å². The average Bonchev–Trinajstić information content (AvgIpc) is 2.31. The van der Waals surface area contributed by atoms with E-state index in [1.165, 1.54) is 0 Å². The Hall–Kier alpha value is -1.00. The molecule has 0 bridgehead atoms. The molecule has 0 aromatic heterocycles. The molecule has 1 rings (SSSR count). The second kappa shape index (κ2) is 2.80. The largest absolute Gasteiger partial charge is 0.504 e. The summed E-state index contributed by atoms with van der Waals surface area (Å²) in [6, 6.07) is 0. The van der Waals surface area contributed by atoms with Crippen molar-refractivity contribution < 1.29 is 23.1 Å². The van der Waals surface area contributed by atoms with Gasteiger partial charge in [-0.15, -0.1) is 0 Å². The molecule has 1 saturated carbocycles. The maximum atomic E-state index is 11.8. The summed E-state index contributed by atoms with van der Waals surface area (Å²) in [5, 5.41) is 8.59. The van der Waals surface area contributed by atoms with E-state index in [2.05, 4.69) is 0 Å². The second-order valence-electron chi connectivity index (χ2n) is 2.60. The van der Waals surface area contributed by atoms with Crippen LogP contribution >= 0.6 is 0 Å². The van der Waals surface area contributed by atoms with E-state index < -0.39 is 23.3 Å². The highest BCUT2D eigenvalue weighted by Gasteiger charge is 2.39. The highest BCUT2D eigenvalue weighted by atomic mass is 19.4. The minimum atomic E-state index is -4.78. The SMILES string of the molecule is O=C1CCC/C1=C(/O)C(F)(F)F. The zero-order valence-corrected chi connectivity index (χ0v) is 6.11. The lowest BCUT2D eigenvalue weighted by atomic mass is 10.2. The van der Waals surface area contributed by atoms with Crippen LogP contribution < -0.4 is 0 Å². The first-order chi connectivity index (χ1) is 5.43. The third-order valence-corrected chi connectivity index (χ3v) is 1.72. The van der Waals surface area contributed by atoms with Crippen molar-refractivity contribution in [2.24, 2.45) is 0 Å². The van der Waals surface area contributed by atoms with Crippen LogP contribution in [-0.4, -0.2) is 17.1 Å². The smallest absolute Gasteiger partial charge is 0.449 e. The number of aliphatic hydroxyl groups is 1. The van der Waals surface area contributed by atoms with Gasteiger partial charge in [-0.2, -0.15) is 13.2 Å². The number of allylic oxidation sites excluding steroid dienone is 2. The molecule has 0 radical (unpaired) electrons. The third kappa shape index (κ3) is 1.60. The Labute approximate surface area is 66.7 Å². The monoisotopic (exact) mass is 180 g/mol. The topological polar surface area (TPSA) is 37.3 Å². The molecule has 5 heteroatoms. The normalized spacial score (nSPS) is 23.1. The quantitative estimate of drug-likeness (QED) is 0.458. The van der Waals surface area contributed by atoms with E-state index in [9.17, 15) is 18.0 Å². The fraction of sp³-hybridized carbons (Fsp3) is 0.571. The lowest BCUT2D eigenvalue weighted by Crippen LogP contribution is -2.15. The van der Waals surface area contributed by atoms with Crippen molar-refractivity contribution in [1.29, 1.82) is 0 Å². The molecule has 0 aliphatic heterocycles. The van der Waals surface area contributed by atoms with Crippen LogP contribution in [0.5, 0.6) is 0 Å². The van der Waals surface area contributed by atoms with Crippen LogP contribution in [0.1, 0.15) is 19.3 Å². The third-order valence-electron chi connectivity index (χ3n) is 1.72. The lowest BCUT2D eigenvalue weighted by Gasteiger charge is -2.06. The molecule has 1 aliphatic rings. The first kappa shape index (κ1) is 9.09. The van der Waals surface area contributed by atoms with Gasteiger partial charge in [0.25, 0.3) is 0 Å². The summed E-state index contributed by atoms with van der Waals surface area (Å²) in [4.78, 5) is 10.7. The predicted molar refractivity (Wildman–Crippen MR) is 34.6 cm³/mol. The zero-order valence-electron chi connectivity index (χ0n) is 6.11. The number of ketones is 1. The highest BCUT2D eigenvalue weighted by molar-refractivity contribution is 5.97. The second-order valence-corrected chi connectivity index (χ2v) is 2.60. The fourth-order valence-electron chi connectivity index (χ4n) is 1.14. The molecule has 0 heterocycles. The van der Waals surface area contributed by atoms with E-state index in [4.69, 9.17) is 5.11 Å². The molecule has 2 nitrogen and oxygen atoms in total. The Morgan fingerprint density at radius 1 is 1.33 bits per heavy atom. The van der Waals surface area contributed by atoms with Crippen molar-refractivity contribution in [2.75, 3.05) is 0 Å². The number of carbonyl (C=O) groups is 1. The van der Waals surface area contributed by atoms with Gasteiger partial charge in [0.15, 0.2) is 5.78 Å². The van der Waals surface area contributed by atoms with Crippen molar-refractivity contribution in [3.63, 3.8) is 0 Å². The van der Waals surface area contributed by atoms with Crippen LogP contribution in [0.15, 0.2) is 11.3 Å². The molecule has 1 N–H and O–H groups in total. The van der Waals surface area contributed by atoms with E-state index in [-0.39, 0.29) is 12.8 Å². The lowest BCUT2D eigenvalue weighted by molar-refractivity contribution is -0.126. The Kier molecular flexibility index (Phi) is 2.12. The van der Waals surface area contributed by atoms with Gasteiger partial charge in [0.2, 0.25) is 5.76 Å². The van der Waals surface area contributed by atoms with Gasteiger partial charge in [0.05, 0.1) is 0 Å². The molecule has 0 aromatic rings. The summed E-state index contributed by atoms with van der Waals surface area (Å²) in [5.74, 6) is -2.31. The Bertz CT molecular complexity index is 240. The molecule has 1 aliphatic carbocycles. The van der Waals surface area contributed by atoms with Gasteiger partial charge in [-0.05, 0) is 12.8 Å². The van der Waals surface area contributed by atoms with E-state index in [1.54, 1.807) is 0 Å². The molecule has 0 amide bonds. The molecule has 0 unspecified atom stereocenters. The van der Waals surface area contributed by atoms with Crippen LogP contribution in [0.3, 0.4) is 0 Å². The van der Waals surface area contributed by atoms with E-state index in [1.807, 2.05) is 0 Å². The minimum Gasteiger partial charge on any atom is -0.504 e. The summed E-state index contributed by atoms with van der Waals surface area (Å²) >= 11 is 0. The average molecular weight is 180 g/mol. The number of alkyl halides is 3. The molecular weight excluding hydrogens is 173 g/mol. The number of rotatable bonds is 0. The van der Waals surface area contributed by atoms with Gasteiger partial charge in [0, 0.05) is 12.0 Å². The molecule has 1 fully saturated rings. The maximum absolute atomic E-state index is 11.8. The number of aliphatic hydroxyl groups excluding tert-OH is 1. The van der Waals surface area contributed by atoms with Crippen molar-refractivity contribution in [3.05, 3.63) is 11.3 Å². The van der Waals surface area contributed by atoms with Crippen molar-refractivity contribution in [1.82, 2.24) is 0 Å². The van der Waals surface area contributed by atoms with Gasteiger partial charge in [-0.1, -0.05) is 0 Å². The number of hydrogen-bond donors (Lipinski definition) is 1. The Morgan fingerprint density at radius 2 is 1.92 bits per heavy atom. The summed E-state index contributed by atoms with van der Waals surface area (Å²) < 4.78 is 35.4. The van der Waals surface area contributed by atoms with Gasteiger partial charge in [-0.25, -0.2) is 0 Å². The Morgan fingerprint density at radius 3 is 2.25 bits per heavy atom. The van der Waals surface area contributed by atoms with Crippen LogP contribution in [-0.2, 0) is 4.79 Å². The van der Waals surface area contributed by atoms with Crippen LogP contribution in [0.2, 0.25) is 0 Å². The van der Waals surface area contributed by atoms with E-state index in [0.717, 1.165) is 0 Å². The standard InChI is InChI=1S/C7H7F3O2/c8-7(9,10)6(12)4-2-1-3-5(4)11/h12H,1-3H2/b6-4-. The molecule has 12 heavy (non-hydrogen) atoms. The van der Waals surface area contributed by atoms with Crippen molar-refractivity contribution in [3.8, 4) is 0 Å². The molecular formula is C7H7F3O2. The van der Waals surface area contributed by atoms with Gasteiger partial charge < -0.3 is 5.11 Å². The summed E-state index contributed by atoms with van der Waals surface area (Å²) in [5.41, 5.74) is -0.470. The van der Waals surface area contributed by atoms with Crippen molar-refractivity contribution >= 4 is 5.78 Å². The zero-order chi connectivity index (χ0) is 9.35. The molecule has 68 valence electrons. The summed E-state index contributed by atoms with van der Waals surface area (Å²) in [6.45, 7) is 0. The van der Waals surface area contributed by atoms with Crippen molar-refractivity contribution in [2.45, 2.75) is 25.4 Å². The summed E-state index contributed by atoms with van der Waals surface area (Å²) in [6.07, 6.45) is -4.25. The van der Waals surface area contributed by atoms with Crippen LogP contribution in [0, 0.1) is 0 Å². The van der Waals surface area contributed by atoms with E-state index >= 15 is 0 Å². The van der Waals surface area contributed by atoms with Crippen LogP contribution in [0.25, 0.3) is 0 Å². The molecule has 0 atom stereocenters. The van der Waals surface area contributed by atoms with Gasteiger partial charge in [-0.3, -0.25) is 4.79 Å². The van der Waals surface area contributed by atoms with Crippen LogP contribution in [0.4, 0.5) is 13.2 Å². The number of halogens is 3. The molecule has 0 saturated heterocycles. The Balaban J connectivity index is 2.97. The number of Topliss-reactive ketones (excluding diaryl/α,β-unsaturated/α-hetero) is 1. The molecule has 0 aromatic carbocycles. The number of hydrogen-bond acceptors (Lipinski definition) is 2. The summed E-state index contributed by atoms with van der Waals surface area (Å²) in [7, 11) is 0. The first-order valence-corrected chi connectivity index (χ1v) is 3.45. The predicted octanol–water partition coefficient (Wildman–Crippen LogP) is 2.11. The minimum absolute atomic E-state index is 0.0319. The van der Waals surface area contributed by atoms with E-state index in [0.29, 0.717) is 6.42 Å². The maximum Gasteiger partial charge on any atom is 0.449 e. The highest BCUT2D eigenvalue weighted by Crippen LogP contribution is 2.31. The first-order valence-electron chi connectivity index (χ1n) is 3.45. The molecule has 0 spiro atoms. The number of carbonyl (C=O) groups excluding carboxylic acids is 1. The fourth-order valence-corrected chi connectivity index (χ4v) is 1.14.